The van der Waals surface area contributed by atoms with Gasteiger partial charge in [-0.1, -0.05) is 19.3 Å². The molecule has 122 valence electrons. The van der Waals surface area contributed by atoms with Crippen molar-refractivity contribution in [2.75, 3.05) is 24.4 Å². The van der Waals surface area contributed by atoms with Gasteiger partial charge in [-0.15, -0.1) is 0 Å². The number of rotatable bonds is 7. The van der Waals surface area contributed by atoms with Crippen LogP contribution >= 0.6 is 0 Å². The predicted molar refractivity (Wildman–Crippen MR) is 84.1 cm³/mol. The van der Waals surface area contributed by atoms with Gasteiger partial charge in [0.25, 0.3) is 0 Å². The topological polar surface area (TPSA) is 102 Å². The van der Waals surface area contributed by atoms with Crippen LogP contribution in [0.25, 0.3) is 0 Å². The largest absolute Gasteiger partial charge is 0.383 e. The molecule has 1 saturated carbocycles. The van der Waals surface area contributed by atoms with E-state index in [-0.39, 0.29) is 23.6 Å². The van der Waals surface area contributed by atoms with Crippen molar-refractivity contribution in [2.24, 2.45) is 0 Å². The minimum atomic E-state index is -0.437. The van der Waals surface area contributed by atoms with Crippen molar-refractivity contribution in [3.63, 3.8) is 0 Å². The van der Waals surface area contributed by atoms with Gasteiger partial charge in [-0.3, -0.25) is 10.1 Å². The zero-order valence-electron chi connectivity index (χ0n) is 13.0. The molecule has 0 bridgehead atoms. The van der Waals surface area contributed by atoms with Crippen molar-refractivity contribution in [1.29, 1.82) is 0 Å². The molecule has 1 heterocycles. The summed E-state index contributed by atoms with van der Waals surface area (Å²) in [7, 11) is 1.59. The lowest BCUT2D eigenvalue weighted by Crippen LogP contribution is -2.25. The predicted octanol–water partition coefficient (Wildman–Crippen LogP) is 2.58. The maximum Gasteiger partial charge on any atom is 0.353 e. The molecule has 22 heavy (non-hydrogen) atoms. The summed E-state index contributed by atoms with van der Waals surface area (Å²) in [5.41, 5.74) is -0.101. The number of aromatic nitrogens is 2. The highest BCUT2D eigenvalue weighted by atomic mass is 16.6. The highest BCUT2D eigenvalue weighted by molar-refractivity contribution is 5.69. The Balaban J connectivity index is 2.19. The quantitative estimate of drug-likeness (QED) is 0.589. The second-order valence-electron chi connectivity index (χ2n) is 5.66. The molecule has 0 saturated heterocycles. The Hall–Kier alpha value is -1.96. The van der Waals surface area contributed by atoms with E-state index in [2.05, 4.69) is 20.6 Å². The number of ether oxygens (including phenoxy) is 1. The summed E-state index contributed by atoms with van der Waals surface area (Å²) in [5, 5.41) is 17.7. The molecule has 1 aliphatic carbocycles. The van der Waals surface area contributed by atoms with Crippen LogP contribution in [-0.4, -0.2) is 40.7 Å². The van der Waals surface area contributed by atoms with Crippen molar-refractivity contribution >= 4 is 17.3 Å². The summed E-state index contributed by atoms with van der Waals surface area (Å²) in [6, 6.07) is 0.160. The molecule has 1 aliphatic rings. The summed E-state index contributed by atoms with van der Waals surface area (Å²) in [4.78, 5) is 19.1. The number of methoxy groups -OCH3 is 1. The molecule has 1 fully saturated rings. The molecule has 2 rings (SSSR count). The van der Waals surface area contributed by atoms with Crippen molar-refractivity contribution in [3.8, 4) is 0 Å². The number of nitro groups is 1. The van der Waals surface area contributed by atoms with Crippen LogP contribution in [-0.2, 0) is 4.74 Å². The average Bonchev–Trinajstić information content (AvgIpc) is 2.48. The van der Waals surface area contributed by atoms with Crippen LogP contribution in [0.15, 0.2) is 6.33 Å². The average molecular weight is 309 g/mol. The molecular formula is C14H23N5O3. The Bertz CT molecular complexity index is 505. The second kappa shape index (κ2) is 7.88. The van der Waals surface area contributed by atoms with Crippen molar-refractivity contribution in [2.45, 2.75) is 51.1 Å². The van der Waals surface area contributed by atoms with Crippen LogP contribution in [0.2, 0.25) is 0 Å². The Morgan fingerprint density at radius 3 is 2.68 bits per heavy atom. The van der Waals surface area contributed by atoms with Crippen LogP contribution in [0.4, 0.5) is 17.3 Å². The van der Waals surface area contributed by atoms with Gasteiger partial charge in [0, 0.05) is 19.2 Å². The molecule has 1 aromatic rings. The zero-order valence-corrected chi connectivity index (χ0v) is 13.0. The summed E-state index contributed by atoms with van der Waals surface area (Å²) in [5.74, 6) is 0.516. The van der Waals surface area contributed by atoms with Crippen molar-refractivity contribution < 1.29 is 9.66 Å². The van der Waals surface area contributed by atoms with Gasteiger partial charge in [-0.2, -0.15) is 0 Å². The van der Waals surface area contributed by atoms with E-state index in [4.69, 9.17) is 4.74 Å². The van der Waals surface area contributed by atoms with E-state index in [0.717, 1.165) is 25.7 Å². The molecule has 8 heteroatoms. The Morgan fingerprint density at radius 2 is 2.05 bits per heavy atom. The lowest BCUT2D eigenvalue weighted by Gasteiger charge is -2.23. The third-order valence-electron chi connectivity index (χ3n) is 3.75. The van der Waals surface area contributed by atoms with E-state index in [0.29, 0.717) is 12.4 Å². The number of anilines is 2. The van der Waals surface area contributed by atoms with Crippen LogP contribution < -0.4 is 10.6 Å². The molecule has 0 radical (unpaired) electrons. The van der Waals surface area contributed by atoms with Crippen LogP contribution in [0, 0.1) is 10.1 Å². The van der Waals surface area contributed by atoms with Gasteiger partial charge in [-0.25, -0.2) is 9.97 Å². The first-order valence-corrected chi connectivity index (χ1v) is 7.63. The molecule has 1 atom stereocenters. The maximum absolute atomic E-state index is 11.4. The third-order valence-corrected chi connectivity index (χ3v) is 3.75. The van der Waals surface area contributed by atoms with E-state index < -0.39 is 4.92 Å². The van der Waals surface area contributed by atoms with E-state index in [9.17, 15) is 10.1 Å². The van der Waals surface area contributed by atoms with E-state index in [1.807, 2.05) is 6.92 Å². The van der Waals surface area contributed by atoms with Crippen molar-refractivity contribution in [3.05, 3.63) is 16.4 Å². The third kappa shape index (κ3) is 4.27. The van der Waals surface area contributed by atoms with Crippen LogP contribution in [0.5, 0.6) is 0 Å². The normalized spacial score (nSPS) is 17.0. The van der Waals surface area contributed by atoms with Gasteiger partial charge >= 0.3 is 5.69 Å². The minimum absolute atomic E-state index is 0.0823. The molecule has 8 nitrogen and oxygen atoms in total. The lowest BCUT2D eigenvalue weighted by atomic mass is 9.95. The summed E-state index contributed by atoms with van der Waals surface area (Å²) in [6.07, 6.45) is 6.90. The van der Waals surface area contributed by atoms with Gasteiger partial charge in [-0.05, 0) is 19.8 Å². The van der Waals surface area contributed by atoms with Gasteiger partial charge in [0.05, 0.1) is 11.5 Å². The van der Waals surface area contributed by atoms with E-state index >= 15 is 0 Å². The second-order valence-corrected chi connectivity index (χ2v) is 5.66. The fourth-order valence-corrected chi connectivity index (χ4v) is 2.73. The maximum atomic E-state index is 11.4. The summed E-state index contributed by atoms with van der Waals surface area (Å²) in [6.45, 7) is 2.32. The lowest BCUT2D eigenvalue weighted by molar-refractivity contribution is -0.383. The molecule has 0 spiro atoms. The first-order valence-electron chi connectivity index (χ1n) is 7.63. The first-order chi connectivity index (χ1) is 10.6. The summed E-state index contributed by atoms with van der Waals surface area (Å²) >= 11 is 0. The highest BCUT2D eigenvalue weighted by Crippen LogP contribution is 2.31. The van der Waals surface area contributed by atoms with E-state index in [1.165, 1.54) is 12.7 Å². The Kier molecular flexibility index (Phi) is 5.88. The zero-order chi connectivity index (χ0) is 15.9. The van der Waals surface area contributed by atoms with E-state index in [1.54, 1.807) is 7.11 Å². The molecule has 0 amide bonds. The summed E-state index contributed by atoms with van der Waals surface area (Å²) < 4.78 is 5.04. The molecule has 2 N–H and O–H groups in total. The standard InChI is InChI=1S/C14H23N5O3/c1-10(8-22-2)17-13-12(19(20)21)14(16-9-15-13)18-11-6-4-3-5-7-11/h9-11H,3-8H2,1-2H3,(H2,15,16,17,18). The molecule has 0 aliphatic heterocycles. The monoisotopic (exact) mass is 309 g/mol. The van der Waals surface area contributed by atoms with Gasteiger partial charge in [0.2, 0.25) is 11.6 Å². The molecule has 0 aromatic carbocycles. The number of nitrogens with zero attached hydrogens (tertiary/aromatic N) is 3. The SMILES string of the molecule is COCC(C)Nc1ncnc(NC2CCCCC2)c1[N+](=O)[O-]. The van der Waals surface area contributed by atoms with Crippen LogP contribution in [0.1, 0.15) is 39.0 Å². The van der Waals surface area contributed by atoms with Crippen LogP contribution in [0.3, 0.4) is 0 Å². The van der Waals surface area contributed by atoms with Gasteiger partial charge < -0.3 is 15.4 Å². The number of hydrogen-bond donors (Lipinski definition) is 2. The Morgan fingerprint density at radius 1 is 1.36 bits per heavy atom. The number of nitrogens with one attached hydrogen (secondary N) is 2. The fourth-order valence-electron chi connectivity index (χ4n) is 2.73. The number of hydrogen-bond acceptors (Lipinski definition) is 7. The molecular weight excluding hydrogens is 286 g/mol. The first kappa shape index (κ1) is 16.4. The van der Waals surface area contributed by atoms with Crippen molar-refractivity contribution in [1.82, 2.24) is 9.97 Å². The minimum Gasteiger partial charge on any atom is -0.383 e. The molecule has 1 unspecified atom stereocenters. The van der Waals surface area contributed by atoms with Gasteiger partial charge in [0.1, 0.15) is 6.33 Å². The van der Waals surface area contributed by atoms with Gasteiger partial charge in [0.15, 0.2) is 0 Å². The Labute approximate surface area is 129 Å². The smallest absolute Gasteiger partial charge is 0.353 e. The highest BCUT2D eigenvalue weighted by Gasteiger charge is 2.26. The fraction of sp³-hybridized carbons (Fsp3) is 0.714. The molecule has 1 aromatic heterocycles.